The number of hydrogen-bond donors (Lipinski definition) is 1. The average molecular weight is 259 g/mol. The minimum atomic E-state index is -0.690. The summed E-state index contributed by atoms with van der Waals surface area (Å²) in [5.41, 5.74) is 0.101. The Morgan fingerprint density at radius 1 is 1.41 bits per heavy atom. The van der Waals surface area contributed by atoms with Gasteiger partial charge in [-0.05, 0) is 12.1 Å². The Morgan fingerprint density at radius 2 is 2.06 bits per heavy atom. The van der Waals surface area contributed by atoms with Crippen molar-refractivity contribution < 1.29 is 14.0 Å². The maximum atomic E-state index is 13.4. The van der Waals surface area contributed by atoms with Crippen molar-refractivity contribution >= 4 is 29.2 Å². The number of halogens is 2. The minimum absolute atomic E-state index is 0.0401. The molecule has 0 bridgehead atoms. The Balaban J connectivity index is 2.70. The highest BCUT2D eigenvalue weighted by molar-refractivity contribution is 6.19. The lowest BCUT2D eigenvalue weighted by atomic mass is 10.3. The van der Waals surface area contributed by atoms with Crippen molar-refractivity contribution in [1.82, 2.24) is 5.32 Å². The van der Waals surface area contributed by atoms with Gasteiger partial charge in [0.05, 0.1) is 5.69 Å². The van der Waals surface area contributed by atoms with E-state index in [9.17, 15) is 14.0 Å². The number of nitrogens with one attached hydrogen (secondary N) is 1. The van der Waals surface area contributed by atoms with E-state index in [-0.39, 0.29) is 18.0 Å². The van der Waals surface area contributed by atoms with Crippen LogP contribution in [0, 0.1) is 5.82 Å². The standard InChI is InChI=1S/C11H12ClFN2O2/c1-15(9-5-3-2-4-8(9)13)11(17)14-10(16)6-7-12/h2-5H,6-7H2,1H3,(H,14,16,17). The van der Waals surface area contributed by atoms with Crippen molar-refractivity contribution in [3.05, 3.63) is 30.1 Å². The highest BCUT2D eigenvalue weighted by atomic mass is 35.5. The van der Waals surface area contributed by atoms with Crippen LogP contribution in [0.3, 0.4) is 0 Å². The number of alkyl halides is 1. The molecule has 1 N–H and O–H groups in total. The number of para-hydroxylation sites is 1. The second-order valence-electron chi connectivity index (χ2n) is 3.30. The first-order valence-electron chi connectivity index (χ1n) is 4.94. The summed E-state index contributed by atoms with van der Waals surface area (Å²) in [6.45, 7) is 0. The zero-order chi connectivity index (χ0) is 12.8. The number of amides is 3. The third-order valence-corrected chi connectivity index (χ3v) is 2.28. The average Bonchev–Trinajstić information content (AvgIpc) is 2.29. The van der Waals surface area contributed by atoms with E-state index in [2.05, 4.69) is 5.32 Å². The molecule has 0 spiro atoms. The summed E-state index contributed by atoms with van der Waals surface area (Å²) in [5.74, 6) is -0.897. The number of benzene rings is 1. The van der Waals surface area contributed by atoms with Gasteiger partial charge in [-0.3, -0.25) is 15.0 Å². The van der Waals surface area contributed by atoms with Crippen LogP contribution in [0.4, 0.5) is 14.9 Å². The molecule has 0 aromatic heterocycles. The highest BCUT2D eigenvalue weighted by Crippen LogP contribution is 2.16. The molecule has 0 aliphatic rings. The number of nitrogens with zero attached hydrogens (tertiary/aromatic N) is 1. The second kappa shape index (κ2) is 6.20. The van der Waals surface area contributed by atoms with E-state index >= 15 is 0 Å². The van der Waals surface area contributed by atoms with Crippen LogP contribution in [-0.2, 0) is 4.79 Å². The van der Waals surface area contributed by atoms with Gasteiger partial charge in [-0.25, -0.2) is 9.18 Å². The summed E-state index contributed by atoms with van der Waals surface area (Å²) < 4.78 is 13.4. The quantitative estimate of drug-likeness (QED) is 0.845. The second-order valence-corrected chi connectivity index (χ2v) is 3.68. The lowest BCUT2D eigenvalue weighted by molar-refractivity contribution is -0.119. The highest BCUT2D eigenvalue weighted by Gasteiger charge is 2.16. The molecule has 0 aliphatic heterocycles. The molecule has 92 valence electrons. The van der Waals surface area contributed by atoms with Crippen molar-refractivity contribution in [3.63, 3.8) is 0 Å². The third kappa shape index (κ3) is 3.71. The van der Waals surface area contributed by atoms with E-state index in [1.54, 1.807) is 6.07 Å². The molecule has 6 heteroatoms. The number of carbonyl (C=O) groups is 2. The van der Waals surface area contributed by atoms with Crippen molar-refractivity contribution in [1.29, 1.82) is 0 Å². The largest absolute Gasteiger partial charge is 0.328 e. The third-order valence-electron chi connectivity index (χ3n) is 2.09. The molecular formula is C11H12ClFN2O2. The number of rotatable bonds is 3. The van der Waals surface area contributed by atoms with Crippen molar-refractivity contribution in [2.75, 3.05) is 17.8 Å². The number of imide groups is 1. The summed E-state index contributed by atoms with van der Waals surface area (Å²) in [7, 11) is 1.38. The molecule has 0 fully saturated rings. The zero-order valence-electron chi connectivity index (χ0n) is 9.24. The predicted molar refractivity (Wildman–Crippen MR) is 63.7 cm³/mol. The fourth-order valence-electron chi connectivity index (χ4n) is 1.18. The topological polar surface area (TPSA) is 49.4 Å². The maximum Gasteiger partial charge on any atom is 0.328 e. The van der Waals surface area contributed by atoms with Crippen molar-refractivity contribution in [2.24, 2.45) is 0 Å². The molecule has 0 atom stereocenters. The number of anilines is 1. The van der Waals surface area contributed by atoms with Crippen LogP contribution in [-0.4, -0.2) is 24.9 Å². The first-order chi connectivity index (χ1) is 8.06. The van der Waals surface area contributed by atoms with E-state index in [1.807, 2.05) is 0 Å². The van der Waals surface area contributed by atoms with Gasteiger partial charge in [0.15, 0.2) is 0 Å². The van der Waals surface area contributed by atoms with Gasteiger partial charge in [0, 0.05) is 19.3 Å². The molecule has 0 aliphatic carbocycles. The van der Waals surface area contributed by atoms with Gasteiger partial charge in [-0.1, -0.05) is 12.1 Å². The number of hydrogen-bond acceptors (Lipinski definition) is 2. The Hall–Kier alpha value is -1.62. The molecule has 0 saturated heterocycles. The van der Waals surface area contributed by atoms with Gasteiger partial charge in [0.1, 0.15) is 5.82 Å². The van der Waals surface area contributed by atoms with Crippen LogP contribution in [0.5, 0.6) is 0 Å². The summed E-state index contributed by atoms with van der Waals surface area (Å²) in [4.78, 5) is 23.7. The Kier molecular flexibility index (Phi) is 4.90. The summed E-state index contributed by atoms with van der Waals surface area (Å²) in [6.07, 6.45) is 0.0401. The Labute approximate surface area is 103 Å². The predicted octanol–water partition coefficient (Wildman–Crippen LogP) is 2.13. The fraction of sp³-hybridized carbons (Fsp3) is 0.273. The van der Waals surface area contributed by atoms with Gasteiger partial charge < -0.3 is 0 Å². The number of carbonyl (C=O) groups excluding carboxylic acids is 2. The van der Waals surface area contributed by atoms with Crippen LogP contribution < -0.4 is 10.2 Å². The van der Waals surface area contributed by atoms with Crippen LogP contribution in [0.25, 0.3) is 0 Å². The molecule has 0 heterocycles. The van der Waals surface area contributed by atoms with Crippen LogP contribution in [0.1, 0.15) is 6.42 Å². The van der Waals surface area contributed by atoms with Crippen LogP contribution >= 0.6 is 11.6 Å². The number of urea groups is 1. The van der Waals surface area contributed by atoms with Crippen LogP contribution in [0.15, 0.2) is 24.3 Å². The summed E-state index contributed by atoms with van der Waals surface area (Å²) in [6, 6.07) is 5.11. The van der Waals surface area contributed by atoms with Gasteiger partial charge in [-0.15, -0.1) is 11.6 Å². The van der Waals surface area contributed by atoms with Gasteiger partial charge >= 0.3 is 6.03 Å². The van der Waals surface area contributed by atoms with Crippen molar-refractivity contribution in [3.8, 4) is 0 Å². The van der Waals surface area contributed by atoms with E-state index < -0.39 is 17.8 Å². The molecule has 4 nitrogen and oxygen atoms in total. The Bertz CT molecular complexity index is 426. The first-order valence-corrected chi connectivity index (χ1v) is 5.47. The lowest BCUT2D eigenvalue weighted by Crippen LogP contribution is -2.41. The van der Waals surface area contributed by atoms with E-state index in [1.165, 1.54) is 25.2 Å². The van der Waals surface area contributed by atoms with Gasteiger partial charge in [0.2, 0.25) is 5.91 Å². The smallest absolute Gasteiger partial charge is 0.294 e. The van der Waals surface area contributed by atoms with E-state index in [4.69, 9.17) is 11.6 Å². The normalized spacial score (nSPS) is 9.82. The monoisotopic (exact) mass is 258 g/mol. The SMILES string of the molecule is CN(C(=O)NC(=O)CCCl)c1ccccc1F. The maximum absolute atomic E-state index is 13.4. The molecule has 1 aromatic carbocycles. The Morgan fingerprint density at radius 3 is 2.65 bits per heavy atom. The molecule has 1 aromatic rings. The minimum Gasteiger partial charge on any atom is -0.294 e. The first kappa shape index (κ1) is 13.4. The molecule has 3 amide bonds. The van der Waals surface area contributed by atoms with E-state index in [0.29, 0.717) is 0 Å². The molecule has 1 rings (SSSR count). The summed E-state index contributed by atoms with van der Waals surface area (Å²) in [5, 5.41) is 2.10. The summed E-state index contributed by atoms with van der Waals surface area (Å²) >= 11 is 5.36. The van der Waals surface area contributed by atoms with E-state index in [0.717, 1.165) is 4.90 Å². The van der Waals surface area contributed by atoms with Crippen LogP contribution in [0.2, 0.25) is 0 Å². The van der Waals surface area contributed by atoms with Gasteiger partial charge in [0.25, 0.3) is 0 Å². The molecule has 0 unspecified atom stereocenters. The molecule has 17 heavy (non-hydrogen) atoms. The van der Waals surface area contributed by atoms with Gasteiger partial charge in [-0.2, -0.15) is 0 Å². The fourth-order valence-corrected chi connectivity index (χ4v) is 1.36. The molecule has 0 saturated carbocycles. The lowest BCUT2D eigenvalue weighted by Gasteiger charge is -2.17. The van der Waals surface area contributed by atoms with Crippen molar-refractivity contribution in [2.45, 2.75) is 6.42 Å². The molecular weight excluding hydrogens is 247 g/mol. The molecule has 0 radical (unpaired) electrons. The zero-order valence-corrected chi connectivity index (χ0v) is 10.00.